The zero-order chi connectivity index (χ0) is 31.8. The first-order valence-electron chi connectivity index (χ1n) is 18.1. The van der Waals surface area contributed by atoms with Gasteiger partial charge in [0.15, 0.2) is 0 Å². The van der Waals surface area contributed by atoms with E-state index in [4.69, 9.17) is 9.47 Å². The second kappa shape index (κ2) is 13.2. The molecule has 244 valence electrons. The van der Waals surface area contributed by atoms with Gasteiger partial charge in [0.1, 0.15) is 12.2 Å². The third-order valence-electron chi connectivity index (χ3n) is 13.4. The smallest absolute Gasteiger partial charge is 0.338 e. The molecule has 0 N–H and O–H groups in total. The highest BCUT2D eigenvalue weighted by molar-refractivity contribution is 5.90. The highest BCUT2D eigenvalue weighted by Crippen LogP contribution is 2.68. The van der Waals surface area contributed by atoms with E-state index in [0.717, 1.165) is 43.4 Å². The summed E-state index contributed by atoms with van der Waals surface area (Å²) in [7, 11) is 0. The van der Waals surface area contributed by atoms with Crippen LogP contribution in [0.15, 0.2) is 60.7 Å². The van der Waals surface area contributed by atoms with E-state index in [1.165, 1.54) is 44.9 Å². The molecule has 0 radical (unpaired) electrons. The largest absolute Gasteiger partial charge is 0.459 e. The van der Waals surface area contributed by atoms with E-state index in [9.17, 15) is 9.59 Å². The van der Waals surface area contributed by atoms with Crippen molar-refractivity contribution in [3.63, 3.8) is 0 Å². The summed E-state index contributed by atoms with van der Waals surface area (Å²) in [6.07, 6.45) is 12.6. The molecule has 4 heteroatoms. The Morgan fingerprint density at radius 3 is 1.96 bits per heavy atom. The van der Waals surface area contributed by atoms with Gasteiger partial charge in [0, 0.05) is 5.92 Å². The number of rotatable bonds is 9. The number of carbonyl (C=O) groups is 2. The topological polar surface area (TPSA) is 52.6 Å². The molecule has 0 aliphatic heterocycles. The summed E-state index contributed by atoms with van der Waals surface area (Å²) in [5, 5.41) is 0. The average Bonchev–Trinajstić information content (AvgIpc) is 3.39. The van der Waals surface area contributed by atoms with Crippen LogP contribution < -0.4 is 0 Å². The van der Waals surface area contributed by atoms with Crippen LogP contribution in [0.3, 0.4) is 0 Å². The highest BCUT2D eigenvalue weighted by atomic mass is 16.6. The van der Waals surface area contributed by atoms with E-state index in [2.05, 4.69) is 34.6 Å². The number of carbonyl (C=O) groups excluding carboxylic acids is 2. The third-order valence-corrected chi connectivity index (χ3v) is 13.4. The molecule has 0 saturated heterocycles. The van der Waals surface area contributed by atoms with Crippen molar-refractivity contribution >= 4 is 11.9 Å². The first-order valence-corrected chi connectivity index (χ1v) is 18.1. The molecule has 0 heterocycles. The van der Waals surface area contributed by atoms with E-state index in [1.54, 1.807) is 0 Å². The first-order chi connectivity index (χ1) is 21.6. The van der Waals surface area contributed by atoms with Crippen molar-refractivity contribution in [2.45, 2.75) is 117 Å². The summed E-state index contributed by atoms with van der Waals surface area (Å²) >= 11 is 0. The van der Waals surface area contributed by atoms with Gasteiger partial charge in [-0.15, -0.1) is 0 Å². The summed E-state index contributed by atoms with van der Waals surface area (Å²) in [6.45, 7) is 12.3. The quantitative estimate of drug-likeness (QED) is 0.264. The predicted molar refractivity (Wildman–Crippen MR) is 180 cm³/mol. The maximum absolute atomic E-state index is 13.6. The number of esters is 2. The maximum Gasteiger partial charge on any atom is 0.338 e. The van der Waals surface area contributed by atoms with Crippen molar-refractivity contribution in [2.24, 2.45) is 52.3 Å². The monoisotopic (exact) mass is 612 g/mol. The Balaban J connectivity index is 1.24. The van der Waals surface area contributed by atoms with Crippen LogP contribution in [0.5, 0.6) is 0 Å². The van der Waals surface area contributed by atoms with Gasteiger partial charge in [0.2, 0.25) is 0 Å². The van der Waals surface area contributed by atoms with Crippen molar-refractivity contribution < 1.29 is 19.1 Å². The predicted octanol–water partition coefficient (Wildman–Crippen LogP) is 10.2. The van der Waals surface area contributed by atoms with Crippen LogP contribution in [0.2, 0.25) is 0 Å². The van der Waals surface area contributed by atoms with Crippen LogP contribution in [-0.4, -0.2) is 24.1 Å². The molecule has 6 rings (SSSR count). The number of hydrogen-bond acceptors (Lipinski definition) is 4. The van der Waals surface area contributed by atoms with E-state index in [1.807, 2.05) is 60.7 Å². The van der Waals surface area contributed by atoms with E-state index in [0.29, 0.717) is 34.3 Å². The van der Waals surface area contributed by atoms with Crippen molar-refractivity contribution in [3.05, 3.63) is 71.8 Å². The van der Waals surface area contributed by atoms with E-state index < -0.39 is 0 Å². The number of hydrogen-bond donors (Lipinski definition) is 0. The summed E-state index contributed by atoms with van der Waals surface area (Å²) < 4.78 is 12.7. The molecule has 4 aliphatic carbocycles. The van der Waals surface area contributed by atoms with Crippen LogP contribution in [0.25, 0.3) is 0 Å². The van der Waals surface area contributed by atoms with Gasteiger partial charge < -0.3 is 9.47 Å². The zero-order valence-electron chi connectivity index (χ0n) is 28.4. The van der Waals surface area contributed by atoms with Crippen LogP contribution >= 0.6 is 0 Å². The van der Waals surface area contributed by atoms with Crippen molar-refractivity contribution in [1.82, 2.24) is 0 Å². The Kier molecular flexibility index (Phi) is 9.51. The zero-order valence-corrected chi connectivity index (χ0v) is 28.4. The van der Waals surface area contributed by atoms with Gasteiger partial charge in [-0.05, 0) is 122 Å². The fraction of sp³-hybridized carbons (Fsp3) is 0.659. The number of fused-ring (bicyclic) bond motifs is 5. The molecule has 45 heavy (non-hydrogen) atoms. The molecule has 0 bridgehead atoms. The fourth-order valence-electron chi connectivity index (χ4n) is 11.1. The number of ether oxygens (including phenoxy) is 2. The SMILES string of the molecule is CC(C)CCCC(C)C1CCC2C3CC(OC(=O)c4ccccc4)C4CC(OC(=O)c5ccccc5)CCC4(C)C3CCC12C. The lowest BCUT2D eigenvalue weighted by molar-refractivity contribution is -0.174. The normalized spacial score (nSPS) is 36.4. The molecule has 0 spiro atoms. The van der Waals surface area contributed by atoms with E-state index >= 15 is 0 Å². The van der Waals surface area contributed by atoms with Crippen molar-refractivity contribution in [1.29, 1.82) is 0 Å². The van der Waals surface area contributed by atoms with Crippen LogP contribution in [0, 0.1) is 52.3 Å². The average molecular weight is 613 g/mol. The lowest BCUT2D eigenvalue weighted by Gasteiger charge is -2.62. The minimum Gasteiger partial charge on any atom is -0.459 e. The lowest BCUT2D eigenvalue weighted by atomic mass is 9.43. The van der Waals surface area contributed by atoms with Crippen molar-refractivity contribution in [3.8, 4) is 0 Å². The third kappa shape index (κ3) is 6.37. The molecule has 0 amide bonds. The maximum atomic E-state index is 13.6. The molecular weight excluding hydrogens is 556 g/mol. The Hall–Kier alpha value is -2.62. The highest BCUT2D eigenvalue weighted by Gasteiger charge is 2.63. The minimum absolute atomic E-state index is 0.0719. The Bertz CT molecular complexity index is 1310. The van der Waals surface area contributed by atoms with Crippen LogP contribution in [0.4, 0.5) is 0 Å². The molecule has 4 nitrogen and oxygen atoms in total. The Morgan fingerprint density at radius 1 is 0.711 bits per heavy atom. The van der Waals surface area contributed by atoms with Gasteiger partial charge in [-0.2, -0.15) is 0 Å². The molecule has 0 aromatic heterocycles. The lowest BCUT2D eigenvalue weighted by Crippen LogP contribution is -2.59. The van der Waals surface area contributed by atoms with Gasteiger partial charge in [0.25, 0.3) is 0 Å². The van der Waals surface area contributed by atoms with Gasteiger partial charge in [-0.3, -0.25) is 0 Å². The van der Waals surface area contributed by atoms with Gasteiger partial charge in [-0.25, -0.2) is 9.59 Å². The Labute approximate surface area is 272 Å². The second-order valence-corrected chi connectivity index (χ2v) is 16.2. The molecular formula is C41H56O4. The van der Waals surface area contributed by atoms with E-state index in [-0.39, 0.29) is 35.5 Å². The summed E-state index contributed by atoms with van der Waals surface area (Å²) in [6, 6.07) is 18.8. The summed E-state index contributed by atoms with van der Waals surface area (Å²) in [4.78, 5) is 26.6. The standard InChI is InChI=1S/C41H56O4/c1-27(2)13-12-14-28(3)33-19-20-34-32-26-37(45-39(43)30-17-10-7-11-18-30)36-25-31(44-38(42)29-15-8-6-9-16-29)21-23-41(36,5)35(32)22-24-40(33,34)4/h6-11,15-18,27-28,31-37H,12-14,19-26H2,1-5H3. The molecule has 4 fully saturated rings. The molecule has 2 aromatic carbocycles. The van der Waals surface area contributed by atoms with Crippen LogP contribution in [-0.2, 0) is 9.47 Å². The molecule has 10 unspecified atom stereocenters. The fourth-order valence-corrected chi connectivity index (χ4v) is 11.1. The second-order valence-electron chi connectivity index (χ2n) is 16.2. The summed E-state index contributed by atoms with van der Waals surface area (Å²) in [5.41, 5.74) is 1.66. The molecule has 4 aliphatic rings. The van der Waals surface area contributed by atoms with Gasteiger partial charge >= 0.3 is 11.9 Å². The molecule has 4 saturated carbocycles. The number of benzene rings is 2. The Morgan fingerprint density at radius 2 is 1.31 bits per heavy atom. The minimum atomic E-state index is -0.247. The molecule has 2 aromatic rings. The van der Waals surface area contributed by atoms with Crippen molar-refractivity contribution in [2.75, 3.05) is 0 Å². The van der Waals surface area contributed by atoms with Crippen LogP contribution in [0.1, 0.15) is 126 Å². The first kappa shape index (κ1) is 32.3. The van der Waals surface area contributed by atoms with Gasteiger partial charge in [-0.1, -0.05) is 90.3 Å². The molecule has 10 atom stereocenters. The van der Waals surface area contributed by atoms with Gasteiger partial charge in [0.05, 0.1) is 11.1 Å². The summed E-state index contributed by atoms with van der Waals surface area (Å²) in [5.74, 6) is 3.97.